The van der Waals surface area contributed by atoms with Crippen LogP contribution in [-0.2, 0) is 11.3 Å². The third-order valence-electron chi connectivity index (χ3n) is 3.36. The van der Waals surface area contributed by atoms with Crippen LogP contribution >= 0.6 is 0 Å². The van der Waals surface area contributed by atoms with Gasteiger partial charge in [-0.3, -0.25) is 9.69 Å². The van der Waals surface area contributed by atoms with E-state index in [9.17, 15) is 4.79 Å². The van der Waals surface area contributed by atoms with E-state index in [0.717, 1.165) is 25.1 Å². The summed E-state index contributed by atoms with van der Waals surface area (Å²) in [5.74, 6) is 0.160. The first-order chi connectivity index (χ1) is 8.65. The minimum atomic E-state index is 0.160. The molecule has 4 nitrogen and oxygen atoms in total. The summed E-state index contributed by atoms with van der Waals surface area (Å²) in [4.78, 5) is 16.0. The lowest BCUT2D eigenvalue weighted by Gasteiger charge is -2.21. The molecule has 0 saturated carbocycles. The highest BCUT2D eigenvalue weighted by atomic mass is 16.2. The molecule has 1 amide bonds. The number of amides is 1. The SMILES string of the molecule is CN(Cc1ccccc1)C(=O)CN1CC[C@H](N)C1. The average Bonchev–Trinajstić information content (AvgIpc) is 2.76. The van der Waals surface area contributed by atoms with Crippen LogP contribution in [0.3, 0.4) is 0 Å². The van der Waals surface area contributed by atoms with Gasteiger partial charge >= 0.3 is 0 Å². The van der Waals surface area contributed by atoms with Crippen molar-refractivity contribution in [3.05, 3.63) is 35.9 Å². The smallest absolute Gasteiger partial charge is 0.236 e. The molecule has 1 aliphatic heterocycles. The van der Waals surface area contributed by atoms with Gasteiger partial charge in [-0.15, -0.1) is 0 Å². The van der Waals surface area contributed by atoms with Gasteiger partial charge in [-0.05, 0) is 12.0 Å². The van der Waals surface area contributed by atoms with E-state index in [-0.39, 0.29) is 11.9 Å². The highest BCUT2D eigenvalue weighted by Gasteiger charge is 2.22. The molecule has 0 bridgehead atoms. The molecule has 2 rings (SSSR count). The van der Waals surface area contributed by atoms with E-state index in [1.807, 2.05) is 37.4 Å². The topological polar surface area (TPSA) is 49.6 Å². The summed E-state index contributed by atoms with van der Waals surface area (Å²) < 4.78 is 0. The van der Waals surface area contributed by atoms with Crippen molar-refractivity contribution >= 4 is 5.91 Å². The Kier molecular flexibility index (Phi) is 4.33. The van der Waals surface area contributed by atoms with Crippen molar-refractivity contribution in [1.82, 2.24) is 9.80 Å². The fourth-order valence-corrected chi connectivity index (χ4v) is 2.26. The Balaban J connectivity index is 1.82. The summed E-state index contributed by atoms with van der Waals surface area (Å²) >= 11 is 0. The average molecular weight is 247 g/mol. The summed E-state index contributed by atoms with van der Waals surface area (Å²) in [7, 11) is 1.85. The van der Waals surface area contributed by atoms with Gasteiger partial charge in [-0.25, -0.2) is 0 Å². The fraction of sp³-hybridized carbons (Fsp3) is 0.500. The molecular weight excluding hydrogens is 226 g/mol. The zero-order chi connectivity index (χ0) is 13.0. The van der Waals surface area contributed by atoms with Crippen molar-refractivity contribution in [3.8, 4) is 0 Å². The van der Waals surface area contributed by atoms with Crippen LogP contribution in [0.4, 0.5) is 0 Å². The molecule has 1 fully saturated rings. The minimum absolute atomic E-state index is 0.160. The Bertz CT molecular complexity index is 393. The Morgan fingerprint density at radius 2 is 2.17 bits per heavy atom. The van der Waals surface area contributed by atoms with Gasteiger partial charge in [0.1, 0.15) is 0 Å². The maximum atomic E-state index is 12.1. The van der Waals surface area contributed by atoms with Crippen molar-refractivity contribution < 1.29 is 4.79 Å². The minimum Gasteiger partial charge on any atom is -0.340 e. The van der Waals surface area contributed by atoms with Crippen LogP contribution in [0, 0.1) is 0 Å². The molecule has 0 unspecified atom stereocenters. The van der Waals surface area contributed by atoms with Crippen LogP contribution < -0.4 is 5.73 Å². The second-order valence-corrected chi connectivity index (χ2v) is 5.02. The number of hydrogen-bond donors (Lipinski definition) is 1. The lowest BCUT2D eigenvalue weighted by molar-refractivity contribution is -0.131. The van der Waals surface area contributed by atoms with Crippen molar-refractivity contribution in [2.24, 2.45) is 5.73 Å². The molecule has 98 valence electrons. The van der Waals surface area contributed by atoms with Crippen LogP contribution in [0.15, 0.2) is 30.3 Å². The van der Waals surface area contributed by atoms with Gasteiger partial charge in [0.15, 0.2) is 0 Å². The predicted octanol–water partition coefficient (Wildman–Crippen LogP) is 0.678. The Morgan fingerprint density at radius 1 is 1.44 bits per heavy atom. The zero-order valence-corrected chi connectivity index (χ0v) is 10.9. The van der Waals surface area contributed by atoms with E-state index < -0.39 is 0 Å². The molecule has 0 radical (unpaired) electrons. The molecule has 1 atom stereocenters. The quantitative estimate of drug-likeness (QED) is 0.851. The van der Waals surface area contributed by atoms with Crippen molar-refractivity contribution in [3.63, 3.8) is 0 Å². The van der Waals surface area contributed by atoms with Gasteiger partial charge in [-0.1, -0.05) is 30.3 Å². The number of likely N-dealkylation sites (tertiary alicyclic amines) is 1. The summed E-state index contributed by atoms with van der Waals surface area (Å²) in [6, 6.07) is 10.3. The Hall–Kier alpha value is -1.39. The molecule has 1 aliphatic rings. The van der Waals surface area contributed by atoms with Gasteiger partial charge in [0.05, 0.1) is 6.54 Å². The van der Waals surface area contributed by atoms with Gasteiger partial charge in [0.2, 0.25) is 5.91 Å². The summed E-state index contributed by atoms with van der Waals surface area (Å²) in [5, 5.41) is 0. The van der Waals surface area contributed by atoms with Gasteiger partial charge in [0, 0.05) is 32.7 Å². The molecule has 1 saturated heterocycles. The normalized spacial score (nSPS) is 20.0. The second kappa shape index (κ2) is 5.98. The summed E-state index contributed by atoms with van der Waals surface area (Å²) in [6.07, 6.45) is 0.996. The maximum Gasteiger partial charge on any atom is 0.236 e. The van der Waals surface area contributed by atoms with E-state index in [1.54, 1.807) is 4.90 Å². The number of nitrogens with zero attached hydrogens (tertiary/aromatic N) is 2. The molecule has 4 heteroatoms. The monoisotopic (exact) mass is 247 g/mol. The first kappa shape index (κ1) is 13.1. The maximum absolute atomic E-state index is 12.1. The Morgan fingerprint density at radius 3 is 2.78 bits per heavy atom. The largest absolute Gasteiger partial charge is 0.340 e. The summed E-state index contributed by atoms with van der Waals surface area (Å²) in [5.41, 5.74) is 6.99. The lowest BCUT2D eigenvalue weighted by Crippen LogP contribution is -2.38. The van der Waals surface area contributed by atoms with Crippen LogP contribution in [0.5, 0.6) is 0 Å². The van der Waals surface area contributed by atoms with Crippen LogP contribution in [0.25, 0.3) is 0 Å². The van der Waals surface area contributed by atoms with Gasteiger partial charge in [0.25, 0.3) is 0 Å². The van der Waals surface area contributed by atoms with Crippen molar-refractivity contribution in [2.75, 3.05) is 26.7 Å². The van der Waals surface area contributed by atoms with E-state index >= 15 is 0 Å². The standard InChI is InChI=1S/C14H21N3O/c1-16(9-12-5-3-2-4-6-12)14(18)11-17-8-7-13(15)10-17/h2-6,13H,7-11,15H2,1H3/t13-/m0/s1. The van der Waals surface area contributed by atoms with Crippen LogP contribution in [0.2, 0.25) is 0 Å². The van der Waals surface area contributed by atoms with E-state index in [2.05, 4.69) is 4.90 Å². The highest BCUT2D eigenvalue weighted by Crippen LogP contribution is 2.08. The highest BCUT2D eigenvalue weighted by molar-refractivity contribution is 5.78. The molecule has 0 aromatic heterocycles. The number of likely N-dealkylation sites (N-methyl/N-ethyl adjacent to an activating group) is 1. The van der Waals surface area contributed by atoms with Crippen LogP contribution in [0.1, 0.15) is 12.0 Å². The van der Waals surface area contributed by atoms with E-state index in [1.165, 1.54) is 0 Å². The van der Waals surface area contributed by atoms with Gasteiger partial charge < -0.3 is 10.6 Å². The first-order valence-corrected chi connectivity index (χ1v) is 6.41. The molecule has 1 heterocycles. The lowest BCUT2D eigenvalue weighted by atomic mass is 10.2. The van der Waals surface area contributed by atoms with E-state index in [4.69, 9.17) is 5.73 Å². The van der Waals surface area contributed by atoms with Gasteiger partial charge in [-0.2, -0.15) is 0 Å². The summed E-state index contributed by atoms with van der Waals surface area (Å²) in [6.45, 7) is 2.92. The molecule has 0 spiro atoms. The first-order valence-electron chi connectivity index (χ1n) is 6.41. The zero-order valence-electron chi connectivity index (χ0n) is 10.9. The number of carbonyl (C=O) groups excluding carboxylic acids is 1. The Labute approximate surface area is 108 Å². The molecular formula is C14H21N3O. The second-order valence-electron chi connectivity index (χ2n) is 5.02. The van der Waals surface area contributed by atoms with Crippen molar-refractivity contribution in [1.29, 1.82) is 0 Å². The number of carbonyl (C=O) groups is 1. The van der Waals surface area contributed by atoms with Crippen molar-refractivity contribution in [2.45, 2.75) is 19.0 Å². The third kappa shape index (κ3) is 3.55. The number of rotatable bonds is 4. The van der Waals surface area contributed by atoms with E-state index in [0.29, 0.717) is 13.1 Å². The number of hydrogen-bond acceptors (Lipinski definition) is 3. The molecule has 1 aromatic rings. The fourth-order valence-electron chi connectivity index (χ4n) is 2.26. The molecule has 2 N–H and O–H groups in total. The number of nitrogens with two attached hydrogens (primary N) is 1. The predicted molar refractivity (Wildman–Crippen MR) is 71.9 cm³/mol. The molecule has 18 heavy (non-hydrogen) atoms. The third-order valence-corrected chi connectivity index (χ3v) is 3.36. The molecule has 0 aliphatic carbocycles. The molecule has 1 aromatic carbocycles. The number of benzene rings is 1. The van der Waals surface area contributed by atoms with Crippen LogP contribution in [-0.4, -0.2) is 48.4 Å².